The number of anilines is 2. The van der Waals surface area contributed by atoms with E-state index in [4.69, 9.17) is 0 Å². The predicted octanol–water partition coefficient (Wildman–Crippen LogP) is 2.63. The average molecular weight is 375 g/mol. The first-order chi connectivity index (χ1) is 12.6. The van der Waals surface area contributed by atoms with E-state index in [1.165, 1.54) is 5.69 Å². The number of carbonyl (C=O) groups excluding carboxylic acids is 2. The highest BCUT2D eigenvalue weighted by Gasteiger charge is 2.25. The van der Waals surface area contributed by atoms with Crippen molar-refractivity contribution in [3.05, 3.63) is 23.8 Å². The van der Waals surface area contributed by atoms with E-state index in [-0.39, 0.29) is 11.8 Å². The summed E-state index contributed by atoms with van der Waals surface area (Å²) in [7, 11) is 0. The molecule has 6 nitrogen and oxygen atoms in total. The molecule has 1 fully saturated rings. The van der Waals surface area contributed by atoms with Gasteiger partial charge in [0.05, 0.1) is 0 Å². The molecular weight excluding hydrogens is 340 g/mol. The van der Waals surface area contributed by atoms with Crippen LogP contribution in [0.15, 0.2) is 18.2 Å². The standard InChI is InChI=1S/C21H34N4O2/c1-7-24-10-12-25(13-11-24)17-8-9-18(15(2)14-17)23-19(26)16(3)22-20(27)21(4,5)6/h8-9,14,16H,7,10-13H2,1-6H3,(H,22,27)(H,23,26). The van der Waals surface area contributed by atoms with E-state index in [1.807, 2.05) is 33.8 Å². The number of hydrogen-bond acceptors (Lipinski definition) is 4. The van der Waals surface area contributed by atoms with Crippen molar-refractivity contribution in [2.75, 3.05) is 42.9 Å². The molecule has 27 heavy (non-hydrogen) atoms. The van der Waals surface area contributed by atoms with Gasteiger partial charge in [-0.3, -0.25) is 9.59 Å². The van der Waals surface area contributed by atoms with Crippen molar-refractivity contribution in [2.24, 2.45) is 5.41 Å². The van der Waals surface area contributed by atoms with E-state index in [0.717, 1.165) is 44.0 Å². The lowest BCUT2D eigenvalue weighted by Crippen LogP contribution is -2.46. The van der Waals surface area contributed by atoms with E-state index in [9.17, 15) is 9.59 Å². The third-order valence-corrected chi connectivity index (χ3v) is 5.07. The van der Waals surface area contributed by atoms with Crippen LogP contribution < -0.4 is 15.5 Å². The number of rotatable bonds is 5. The molecule has 6 heteroatoms. The van der Waals surface area contributed by atoms with Crippen molar-refractivity contribution in [1.29, 1.82) is 0 Å². The topological polar surface area (TPSA) is 64.7 Å². The summed E-state index contributed by atoms with van der Waals surface area (Å²) in [4.78, 5) is 29.3. The van der Waals surface area contributed by atoms with E-state index < -0.39 is 11.5 Å². The highest BCUT2D eigenvalue weighted by Crippen LogP contribution is 2.24. The average Bonchev–Trinajstić information content (AvgIpc) is 2.62. The van der Waals surface area contributed by atoms with Gasteiger partial charge >= 0.3 is 0 Å². The Morgan fingerprint density at radius 3 is 2.30 bits per heavy atom. The zero-order valence-corrected chi connectivity index (χ0v) is 17.6. The van der Waals surface area contributed by atoms with Gasteiger partial charge in [0, 0.05) is 43.0 Å². The maximum absolute atomic E-state index is 12.4. The Hall–Kier alpha value is -2.08. The first kappa shape index (κ1) is 21.2. The van der Waals surface area contributed by atoms with Crippen LogP contribution in [0.3, 0.4) is 0 Å². The van der Waals surface area contributed by atoms with Crippen LogP contribution in [0.5, 0.6) is 0 Å². The maximum Gasteiger partial charge on any atom is 0.246 e. The van der Waals surface area contributed by atoms with Crippen LogP contribution in [0.1, 0.15) is 40.2 Å². The summed E-state index contributed by atoms with van der Waals surface area (Å²) in [6, 6.07) is 5.55. The molecule has 1 aliphatic rings. The number of aryl methyl sites for hydroxylation is 1. The van der Waals surface area contributed by atoms with Crippen molar-refractivity contribution < 1.29 is 9.59 Å². The SMILES string of the molecule is CCN1CCN(c2ccc(NC(=O)C(C)NC(=O)C(C)(C)C)c(C)c2)CC1. The molecule has 0 spiro atoms. The van der Waals surface area contributed by atoms with E-state index in [1.54, 1.807) is 6.92 Å². The third-order valence-electron chi connectivity index (χ3n) is 5.07. The highest BCUT2D eigenvalue weighted by atomic mass is 16.2. The van der Waals surface area contributed by atoms with Crippen LogP contribution in [0.25, 0.3) is 0 Å². The largest absolute Gasteiger partial charge is 0.369 e. The number of hydrogen-bond donors (Lipinski definition) is 2. The number of benzene rings is 1. The summed E-state index contributed by atoms with van der Waals surface area (Å²) in [6.07, 6.45) is 0. The monoisotopic (exact) mass is 374 g/mol. The Kier molecular flexibility index (Phi) is 6.87. The molecule has 1 aromatic carbocycles. The van der Waals surface area contributed by atoms with Crippen LogP contribution in [0.2, 0.25) is 0 Å². The molecule has 150 valence electrons. The molecular formula is C21H34N4O2. The molecule has 0 aliphatic carbocycles. The number of carbonyl (C=O) groups is 2. The predicted molar refractivity (Wildman–Crippen MR) is 111 cm³/mol. The Balaban J connectivity index is 1.97. The minimum Gasteiger partial charge on any atom is -0.369 e. The Bertz CT molecular complexity index is 673. The molecule has 2 N–H and O–H groups in total. The Labute approximate surface area is 163 Å². The van der Waals surface area contributed by atoms with Gasteiger partial charge in [0.1, 0.15) is 6.04 Å². The number of likely N-dealkylation sites (N-methyl/N-ethyl adjacent to an activating group) is 1. The molecule has 0 saturated carbocycles. The van der Waals surface area contributed by atoms with Crippen LogP contribution in [0.4, 0.5) is 11.4 Å². The molecule has 1 aromatic rings. The van der Waals surface area contributed by atoms with Gasteiger partial charge in [-0.25, -0.2) is 0 Å². The van der Waals surface area contributed by atoms with Gasteiger partial charge in [-0.05, 0) is 44.2 Å². The number of piperazine rings is 1. The lowest BCUT2D eigenvalue weighted by molar-refractivity contribution is -0.131. The smallest absolute Gasteiger partial charge is 0.246 e. The van der Waals surface area contributed by atoms with Gasteiger partial charge in [-0.1, -0.05) is 27.7 Å². The summed E-state index contributed by atoms with van der Waals surface area (Å²) in [5.74, 6) is -0.344. The van der Waals surface area contributed by atoms with Gasteiger partial charge in [-0.15, -0.1) is 0 Å². The zero-order valence-electron chi connectivity index (χ0n) is 17.6. The first-order valence-corrected chi connectivity index (χ1v) is 9.81. The van der Waals surface area contributed by atoms with E-state index in [2.05, 4.69) is 39.5 Å². The second-order valence-electron chi connectivity index (χ2n) is 8.35. The maximum atomic E-state index is 12.4. The van der Waals surface area contributed by atoms with Gasteiger partial charge in [0.15, 0.2) is 0 Å². The normalized spacial score (nSPS) is 16.7. The highest BCUT2D eigenvalue weighted by molar-refractivity contribution is 5.98. The van der Waals surface area contributed by atoms with Crippen LogP contribution in [-0.2, 0) is 9.59 Å². The fourth-order valence-corrected chi connectivity index (χ4v) is 3.03. The summed E-state index contributed by atoms with van der Waals surface area (Å²) < 4.78 is 0. The van der Waals surface area contributed by atoms with Crippen molar-refractivity contribution in [3.63, 3.8) is 0 Å². The molecule has 1 saturated heterocycles. The van der Waals surface area contributed by atoms with Crippen molar-refractivity contribution in [2.45, 2.75) is 47.6 Å². The first-order valence-electron chi connectivity index (χ1n) is 9.81. The Morgan fingerprint density at radius 2 is 1.78 bits per heavy atom. The Morgan fingerprint density at radius 1 is 1.15 bits per heavy atom. The van der Waals surface area contributed by atoms with Crippen LogP contribution in [0, 0.1) is 12.3 Å². The van der Waals surface area contributed by atoms with Crippen LogP contribution >= 0.6 is 0 Å². The molecule has 1 aliphatic heterocycles. The lowest BCUT2D eigenvalue weighted by atomic mass is 9.95. The summed E-state index contributed by atoms with van der Waals surface area (Å²) >= 11 is 0. The van der Waals surface area contributed by atoms with Gasteiger partial charge in [0.25, 0.3) is 0 Å². The summed E-state index contributed by atoms with van der Waals surface area (Å²) in [6.45, 7) is 16.7. The fraction of sp³-hybridized carbons (Fsp3) is 0.619. The molecule has 0 aromatic heterocycles. The minimum absolute atomic E-state index is 0.136. The molecule has 1 unspecified atom stereocenters. The minimum atomic E-state index is -0.585. The lowest BCUT2D eigenvalue weighted by Gasteiger charge is -2.35. The van der Waals surface area contributed by atoms with Gasteiger partial charge < -0.3 is 20.4 Å². The molecule has 0 radical (unpaired) electrons. The van der Waals surface area contributed by atoms with Crippen LogP contribution in [-0.4, -0.2) is 55.5 Å². The molecule has 1 atom stereocenters. The second-order valence-corrected chi connectivity index (χ2v) is 8.35. The third kappa shape index (κ3) is 5.70. The number of amides is 2. The second kappa shape index (κ2) is 8.74. The molecule has 2 rings (SSSR count). The molecule has 1 heterocycles. The zero-order chi connectivity index (χ0) is 20.2. The number of nitrogens with one attached hydrogen (secondary N) is 2. The van der Waals surface area contributed by atoms with E-state index >= 15 is 0 Å². The van der Waals surface area contributed by atoms with Gasteiger partial charge in [0.2, 0.25) is 11.8 Å². The van der Waals surface area contributed by atoms with Crippen molar-refractivity contribution >= 4 is 23.2 Å². The summed E-state index contributed by atoms with van der Waals surface area (Å²) in [5, 5.41) is 5.70. The quantitative estimate of drug-likeness (QED) is 0.832. The van der Waals surface area contributed by atoms with E-state index in [0.29, 0.717) is 0 Å². The van der Waals surface area contributed by atoms with Crippen molar-refractivity contribution in [3.8, 4) is 0 Å². The summed E-state index contributed by atoms with van der Waals surface area (Å²) in [5.41, 5.74) is 2.48. The van der Waals surface area contributed by atoms with Gasteiger partial charge in [-0.2, -0.15) is 0 Å². The molecule has 2 amide bonds. The van der Waals surface area contributed by atoms with Crippen molar-refractivity contribution in [1.82, 2.24) is 10.2 Å². The fourth-order valence-electron chi connectivity index (χ4n) is 3.03. The molecule has 0 bridgehead atoms. The number of nitrogens with zero attached hydrogens (tertiary/aromatic N) is 2.